The highest BCUT2D eigenvalue weighted by Gasteiger charge is 2.33. The van der Waals surface area contributed by atoms with E-state index in [0.29, 0.717) is 17.9 Å². The summed E-state index contributed by atoms with van der Waals surface area (Å²) in [6.07, 6.45) is 3.80. The van der Waals surface area contributed by atoms with Crippen molar-refractivity contribution in [2.75, 3.05) is 13.2 Å². The molecule has 19 heavy (non-hydrogen) atoms. The number of hydrogen-bond acceptors (Lipinski definition) is 2. The van der Waals surface area contributed by atoms with Crippen LogP contribution in [0.15, 0.2) is 24.3 Å². The van der Waals surface area contributed by atoms with Crippen LogP contribution in [0.2, 0.25) is 0 Å². The summed E-state index contributed by atoms with van der Waals surface area (Å²) in [5.74, 6) is 2.40. The van der Waals surface area contributed by atoms with E-state index in [2.05, 4.69) is 43.4 Å². The van der Waals surface area contributed by atoms with E-state index < -0.39 is 0 Å². The quantitative estimate of drug-likeness (QED) is 0.836. The van der Waals surface area contributed by atoms with Gasteiger partial charge < -0.3 is 10.1 Å². The lowest BCUT2D eigenvalue weighted by Gasteiger charge is -2.22. The molecule has 106 valence electrons. The Balaban J connectivity index is 2.04. The van der Waals surface area contributed by atoms with Gasteiger partial charge in [-0.3, -0.25) is 0 Å². The molecule has 0 bridgehead atoms. The van der Waals surface area contributed by atoms with E-state index in [-0.39, 0.29) is 0 Å². The van der Waals surface area contributed by atoms with Gasteiger partial charge in [0.15, 0.2) is 0 Å². The Morgan fingerprint density at radius 2 is 2.11 bits per heavy atom. The van der Waals surface area contributed by atoms with E-state index in [1.54, 1.807) is 0 Å². The Bertz CT molecular complexity index is 391. The van der Waals surface area contributed by atoms with Crippen LogP contribution in [0.25, 0.3) is 0 Å². The van der Waals surface area contributed by atoms with Gasteiger partial charge in [0.2, 0.25) is 0 Å². The van der Waals surface area contributed by atoms with Gasteiger partial charge in [-0.15, -0.1) is 0 Å². The van der Waals surface area contributed by atoms with E-state index in [1.165, 1.54) is 24.8 Å². The average Bonchev–Trinajstić information content (AvgIpc) is 2.78. The van der Waals surface area contributed by atoms with Crippen LogP contribution in [0, 0.1) is 5.92 Å². The molecule has 2 rings (SSSR count). The van der Waals surface area contributed by atoms with Crippen LogP contribution in [-0.4, -0.2) is 19.2 Å². The zero-order valence-electron chi connectivity index (χ0n) is 12.5. The fourth-order valence-corrected chi connectivity index (χ4v) is 3.25. The van der Waals surface area contributed by atoms with E-state index >= 15 is 0 Å². The van der Waals surface area contributed by atoms with Crippen LogP contribution in [0.3, 0.4) is 0 Å². The molecule has 0 heterocycles. The largest absolute Gasteiger partial charge is 0.494 e. The molecule has 1 aliphatic rings. The predicted octanol–water partition coefficient (Wildman–Crippen LogP) is 3.97. The lowest BCUT2D eigenvalue weighted by molar-refractivity contribution is 0.339. The summed E-state index contributed by atoms with van der Waals surface area (Å²) in [6, 6.07) is 9.35. The third kappa shape index (κ3) is 3.50. The highest BCUT2D eigenvalue weighted by molar-refractivity contribution is 5.32. The molecular weight excluding hydrogens is 234 g/mol. The SMILES string of the molecule is CCCNC1CCC(c2cccc(OCC)c2)C1C. The van der Waals surface area contributed by atoms with E-state index in [9.17, 15) is 0 Å². The number of rotatable bonds is 6. The highest BCUT2D eigenvalue weighted by Crippen LogP contribution is 2.40. The number of ether oxygens (including phenoxy) is 1. The Kier molecular flexibility index (Phi) is 5.26. The summed E-state index contributed by atoms with van der Waals surface area (Å²) in [6.45, 7) is 8.54. The molecule has 2 nitrogen and oxygen atoms in total. The van der Waals surface area contributed by atoms with Gasteiger partial charge in [-0.05, 0) is 62.3 Å². The molecule has 1 aromatic carbocycles. The molecule has 3 unspecified atom stereocenters. The van der Waals surface area contributed by atoms with Crippen molar-refractivity contribution < 1.29 is 4.74 Å². The van der Waals surface area contributed by atoms with Crippen molar-refractivity contribution in [2.24, 2.45) is 5.92 Å². The van der Waals surface area contributed by atoms with Crippen molar-refractivity contribution in [2.45, 2.75) is 52.0 Å². The van der Waals surface area contributed by atoms with Gasteiger partial charge in [0, 0.05) is 6.04 Å². The smallest absolute Gasteiger partial charge is 0.119 e. The maximum absolute atomic E-state index is 5.62. The Morgan fingerprint density at radius 3 is 2.84 bits per heavy atom. The first kappa shape index (κ1) is 14.4. The van der Waals surface area contributed by atoms with Crippen LogP contribution < -0.4 is 10.1 Å². The Morgan fingerprint density at radius 1 is 1.26 bits per heavy atom. The molecule has 1 aromatic rings. The Hall–Kier alpha value is -1.02. The normalized spacial score (nSPS) is 26.6. The lowest BCUT2D eigenvalue weighted by Crippen LogP contribution is -2.32. The molecule has 0 saturated heterocycles. The summed E-state index contributed by atoms with van der Waals surface area (Å²) in [7, 11) is 0. The number of hydrogen-bond donors (Lipinski definition) is 1. The molecule has 2 heteroatoms. The second-order valence-electron chi connectivity index (χ2n) is 5.61. The summed E-state index contributed by atoms with van der Waals surface area (Å²) in [5, 5.41) is 3.69. The van der Waals surface area contributed by atoms with Crippen molar-refractivity contribution in [3.63, 3.8) is 0 Å². The third-order valence-electron chi connectivity index (χ3n) is 4.31. The maximum atomic E-state index is 5.62. The molecule has 1 fully saturated rings. The van der Waals surface area contributed by atoms with E-state index in [0.717, 1.165) is 18.9 Å². The molecule has 0 spiro atoms. The first-order valence-electron chi connectivity index (χ1n) is 7.72. The fourth-order valence-electron chi connectivity index (χ4n) is 3.25. The van der Waals surface area contributed by atoms with Crippen LogP contribution in [-0.2, 0) is 0 Å². The molecular formula is C17H27NO. The first-order valence-corrected chi connectivity index (χ1v) is 7.72. The highest BCUT2D eigenvalue weighted by atomic mass is 16.5. The van der Waals surface area contributed by atoms with Crippen molar-refractivity contribution in [3.05, 3.63) is 29.8 Å². The Labute approximate surface area is 117 Å². The predicted molar refractivity (Wildman–Crippen MR) is 80.8 cm³/mol. The second kappa shape index (κ2) is 6.95. The monoisotopic (exact) mass is 261 g/mol. The van der Waals surface area contributed by atoms with Gasteiger partial charge in [0.1, 0.15) is 5.75 Å². The van der Waals surface area contributed by atoms with Crippen molar-refractivity contribution >= 4 is 0 Å². The minimum absolute atomic E-state index is 0.676. The van der Waals surface area contributed by atoms with Crippen molar-refractivity contribution in [1.82, 2.24) is 5.32 Å². The molecule has 3 atom stereocenters. The molecule has 0 aliphatic heterocycles. The van der Waals surface area contributed by atoms with E-state index in [1.807, 2.05) is 6.92 Å². The molecule has 0 aromatic heterocycles. The topological polar surface area (TPSA) is 21.3 Å². The molecule has 1 aliphatic carbocycles. The standard InChI is InChI=1S/C17H27NO/c1-4-11-18-17-10-9-16(13(17)3)14-7-6-8-15(12-14)19-5-2/h6-8,12-13,16-18H,4-5,9-11H2,1-3H3. The molecule has 0 amide bonds. The average molecular weight is 261 g/mol. The summed E-state index contributed by atoms with van der Waals surface area (Å²) >= 11 is 0. The minimum Gasteiger partial charge on any atom is -0.494 e. The zero-order chi connectivity index (χ0) is 13.7. The van der Waals surface area contributed by atoms with E-state index in [4.69, 9.17) is 4.74 Å². The summed E-state index contributed by atoms with van der Waals surface area (Å²) in [4.78, 5) is 0. The van der Waals surface area contributed by atoms with Gasteiger partial charge in [-0.25, -0.2) is 0 Å². The van der Waals surface area contributed by atoms with Crippen LogP contribution in [0.5, 0.6) is 5.75 Å². The van der Waals surface area contributed by atoms with Crippen molar-refractivity contribution in [1.29, 1.82) is 0 Å². The fraction of sp³-hybridized carbons (Fsp3) is 0.647. The van der Waals surface area contributed by atoms with Crippen LogP contribution in [0.4, 0.5) is 0 Å². The first-order chi connectivity index (χ1) is 9.26. The van der Waals surface area contributed by atoms with Gasteiger partial charge in [-0.2, -0.15) is 0 Å². The van der Waals surface area contributed by atoms with Gasteiger partial charge in [-0.1, -0.05) is 26.0 Å². The molecule has 1 N–H and O–H groups in total. The maximum Gasteiger partial charge on any atom is 0.119 e. The molecule has 0 radical (unpaired) electrons. The summed E-state index contributed by atoms with van der Waals surface area (Å²) in [5.41, 5.74) is 1.44. The zero-order valence-corrected chi connectivity index (χ0v) is 12.5. The number of nitrogens with one attached hydrogen (secondary N) is 1. The van der Waals surface area contributed by atoms with Gasteiger partial charge in [0.05, 0.1) is 6.61 Å². The summed E-state index contributed by atoms with van der Waals surface area (Å²) < 4.78 is 5.62. The minimum atomic E-state index is 0.676. The third-order valence-corrected chi connectivity index (χ3v) is 4.31. The van der Waals surface area contributed by atoms with Crippen LogP contribution >= 0.6 is 0 Å². The van der Waals surface area contributed by atoms with Gasteiger partial charge >= 0.3 is 0 Å². The van der Waals surface area contributed by atoms with Gasteiger partial charge in [0.25, 0.3) is 0 Å². The lowest BCUT2D eigenvalue weighted by atomic mass is 9.89. The van der Waals surface area contributed by atoms with Crippen molar-refractivity contribution in [3.8, 4) is 5.75 Å². The number of benzene rings is 1. The molecule has 1 saturated carbocycles. The van der Waals surface area contributed by atoms with Crippen LogP contribution in [0.1, 0.15) is 51.5 Å². The second-order valence-corrected chi connectivity index (χ2v) is 5.61.